The number of alkyl halides is 2. The minimum Gasteiger partial charge on any atom is -1.00 e. The summed E-state index contributed by atoms with van der Waals surface area (Å²) in [4.78, 5) is 11.2. The molecule has 40 heteroatoms. The van der Waals surface area contributed by atoms with Crippen molar-refractivity contribution in [2.45, 2.75) is 26.7 Å². The molecule has 0 fully saturated rings. The van der Waals surface area contributed by atoms with Crippen molar-refractivity contribution in [3.63, 3.8) is 0 Å². The summed E-state index contributed by atoms with van der Waals surface area (Å²) in [5.41, 5.74) is 2.09. The van der Waals surface area contributed by atoms with Gasteiger partial charge in [0, 0.05) is 32.1 Å². The second-order valence-electron chi connectivity index (χ2n) is 11.0. The Bertz CT molecular complexity index is 1650. The molecule has 3 aromatic rings. The summed E-state index contributed by atoms with van der Waals surface area (Å²) in [5, 5.41) is 21.3. The van der Waals surface area contributed by atoms with Crippen LogP contribution in [0.1, 0.15) is 25.4 Å². The molecule has 0 aliphatic heterocycles. The third-order valence-electron chi connectivity index (χ3n) is 6.03. The summed E-state index contributed by atoms with van der Waals surface area (Å²) in [7, 11) is 39.9. The molecule has 0 aromatic heterocycles. The van der Waals surface area contributed by atoms with Gasteiger partial charge in [-0.1, -0.05) is 74.6 Å². The van der Waals surface area contributed by atoms with Gasteiger partial charge in [-0.2, -0.15) is 0 Å². The van der Waals surface area contributed by atoms with Crippen molar-refractivity contribution in [2.75, 3.05) is 23.9 Å². The van der Waals surface area contributed by atoms with Gasteiger partial charge in [-0.15, -0.1) is 116 Å². The number of phenolic OH excluding ortho intramolecular Hbond substituents is 1. The second-order valence-corrected chi connectivity index (χ2v) is 101. The van der Waals surface area contributed by atoms with E-state index in [9.17, 15) is 4.39 Å². The van der Waals surface area contributed by atoms with Crippen molar-refractivity contribution in [1.29, 1.82) is 0 Å². The topological polar surface area (TPSA) is 88.1 Å². The molecule has 0 bridgehead atoms. The number of hydrogen-bond acceptors (Lipinski definition) is 6. The van der Waals surface area contributed by atoms with E-state index in [2.05, 4.69) is 198 Å². The van der Waals surface area contributed by atoms with Gasteiger partial charge < -0.3 is 26.2 Å². The molecule has 1 N–H and O–H groups in total. The first-order chi connectivity index (χ1) is 30.2. The van der Waals surface area contributed by atoms with Gasteiger partial charge in [-0.05, 0) is 198 Å². The van der Waals surface area contributed by atoms with Crippen LogP contribution in [0, 0.1) is 30.4 Å². The molecule has 378 valence electrons. The Morgan fingerprint density at radius 1 is 0.687 bits per heavy atom. The van der Waals surface area contributed by atoms with Crippen molar-refractivity contribution in [3.8, 4) is 17.2 Å². The average Bonchev–Trinajstić information content (AvgIpc) is 3.19. The smallest absolute Gasteiger partial charge is 1.00 e. The first kappa shape index (κ1) is 89.4. The van der Waals surface area contributed by atoms with Gasteiger partial charge in [0.1, 0.15) is 11.5 Å². The van der Waals surface area contributed by atoms with Gasteiger partial charge >= 0.3 is 103 Å². The standard InChI is InChI=1S/C17H16Cl2I2O2.C6H3ClFIO.C3H6Br2.CH2O3.2K.H14P12.H13P11.H/c1-10-6-12(18)8-14(20)16(10)22-4-3-5-23-17-11(2)7-13(19)9-15(17)21;7-3-1-4(8)6(10)5(9)2-3;4-2-1-3-5;2-1-4-3;;;1-8(2)11(7)12(9(3)4)10(5)6;1-7-10(6)11(8(2)3)9(4)5;/h6-9H,3-5H2,1-2H3;1-2,10H;1-3H2;1,3H;;;1-7H2;7H,1-6H2;/q;;;;2*+1;;;-1/p-1. The summed E-state index contributed by atoms with van der Waals surface area (Å²) >= 11 is 30.4. The Labute approximate surface area is 600 Å². The van der Waals surface area contributed by atoms with E-state index in [0.29, 0.717) is 21.8 Å². The third-order valence-corrected chi connectivity index (χ3v) is 136. The van der Waals surface area contributed by atoms with Gasteiger partial charge in [-0.3, -0.25) is 4.79 Å². The molecule has 0 aliphatic carbocycles. The minimum absolute atomic E-state index is 0. The largest absolute Gasteiger partial charge is 1.00 e. The van der Waals surface area contributed by atoms with Gasteiger partial charge in [-0.25, -0.2) is 4.39 Å². The number of benzene rings is 3. The van der Waals surface area contributed by atoms with Crippen LogP contribution in [0.2, 0.25) is 15.1 Å². The van der Waals surface area contributed by atoms with E-state index >= 15 is 0 Å². The summed E-state index contributed by atoms with van der Waals surface area (Å²) in [6.07, 6.45) is 2.02. The number of aryl methyl sites for hydroxylation is 2. The molecule has 0 radical (unpaired) electrons. The number of phenols is 1. The van der Waals surface area contributed by atoms with Crippen LogP contribution in [0.5, 0.6) is 17.2 Å². The van der Waals surface area contributed by atoms with Gasteiger partial charge in [0.15, 0.2) is 11.6 Å². The maximum Gasteiger partial charge on any atom is 1.00 e. The van der Waals surface area contributed by atoms with Crippen molar-refractivity contribution < 1.29 is 138 Å². The fraction of sp³-hybridized carbons (Fsp3) is 0.296. The molecule has 3 aromatic carbocycles. The van der Waals surface area contributed by atoms with Gasteiger partial charge in [0.2, 0.25) is 0 Å². The SMILES string of the molecule is BrCCCBr.Cc1cc(Cl)cc(I)c1OCCCOc1c(C)cc(Cl)cc1I.O=CO[O-].Oc1c(F)cc(Cl)cc1I.PP(P)P(P)P(P(P)P)P(P)P.PPP(P)P(P(P)P)P(P)P.[H-].[K+].[K+]. The fourth-order valence-corrected chi connectivity index (χ4v) is 206. The summed E-state index contributed by atoms with van der Waals surface area (Å²) in [5.74, 6) is 0.765. The molecule has 0 heterocycles. The van der Waals surface area contributed by atoms with E-state index in [1.807, 2.05) is 38.1 Å². The number of rotatable bonds is 17. The molecule has 67 heavy (non-hydrogen) atoms. The van der Waals surface area contributed by atoms with E-state index in [0.717, 1.165) is 70.9 Å². The van der Waals surface area contributed by atoms with Crippen molar-refractivity contribution >= 4 is 328 Å². The normalized spacial score (nSPS) is 11.5. The molecule has 0 amide bonds. The fourth-order valence-electron chi connectivity index (χ4n) is 3.55. The second kappa shape index (κ2) is 56.1. The zero-order valence-electron chi connectivity index (χ0n) is 37.2. The zero-order chi connectivity index (χ0) is 51.1. The Hall–Kier alpha value is 13.6. The minimum atomic E-state index is -0.683. The Kier molecular flexibility index (Phi) is 74.9. The predicted octanol–water partition coefficient (Wildman–Crippen LogP) is 16.8. The number of hydrogen-bond donors (Lipinski definition) is 1. The van der Waals surface area contributed by atoms with Crippen LogP contribution in [0.25, 0.3) is 0 Å². The van der Waals surface area contributed by atoms with Crippen molar-refractivity contribution in [1.82, 2.24) is 0 Å². The van der Waals surface area contributed by atoms with Gasteiger partial charge in [0.25, 0.3) is 6.47 Å². The van der Waals surface area contributed by atoms with E-state index in [-0.39, 0.29) is 179 Å². The average molecular weight is 1930 g/mol. The van der Waals surface area contributed by atoms with Crippen LogP contribution < -0.4 is 118 Å². The maximum absolute atomic E-state index is 12.5. The number of halogens is 9. The predicted molar refractivity (Wildman–Crippen MR) is 397 cm³/mol. The van der Waals surface area contributed by atoms with Crippen LogP contribution >= 0.6 is 321 Å². The van der Waals surface area contributed by atoms with Gasteiger partial charge in [0.05, 0.1) is 23.9 Å². The van der Waals surface area contributed by atoms with Crippen LogP contribution in [0.3, 0.4) is 0 Å². The van der Waals surface area contributed by atoms with E-state index in [1.165, 1.54) is 12.5 Å². The maximum atomic E-state index is 12.5. The number of carbonyl (C=O) groups is 1. The molecule has 0 saturated heterocycles. The van der Waals surface area contributed by atoms with Crippen LogP contribution in [0.15, 0.2) is 36.4 Å². The Balaban J connectivity index is -0.000000184. The zero-order valence-corrected chi connectivity index (χ0v) is 78.4. The van der Waals surface area contributed by atoms with Crippen LogP contribution in [0.4, 0.5) is 4.39 Å². The summed E-state index contributed by atoms with van der Waals surface area (Å²) < 4.78 is 26.7. The Morgan fingerprint density at radius 3 is 1.25 bits per heavy atom. The molecule has 16 atom stereocenters. The van der Waals surface area contributed by atoms with E-state index in [1.54, 1.807) is 22.6 Å². The molecule has 6 nitrogen and oxygen atoms in total. The molecule has 0 spiro atoms. The number of ether oxygens (including phenoxy) is 2. The van der Waals surface area contributed by atoms with Crippen LogP contribution in [-0.2, 0) is 9.68 Å². The molecule has 16 unspecified atom stereocenters. The molecule has 0 aliphatic rings. The third kappa shape index (κ3) is 45.5. The summed E-state index contributed by atoms with van der Waals surface area (Å²) in [6.45, 7) is 6.48. The quantitative estimate of drug-likeness (QED) is 0.0212. The van der Waals surface area contributed by atoms with Crippen LogP contribution in [-0.4, -0.2) is 35.5 Å². The monoisotopic (exact) mass is 1930 g/mol. The molecular weight excluding hydrogens is 1880 g/mol. The first-order valence-electron chi connectivity index (χ1n) is 16.7. The molecule has 3 rings (SSSR count). The summed E-state index contributed by atoms with van der Waals surface area (Å²) in [6, 6.07) is 10.2. The van der Waals surface area contributed by atoms with E-state index in [4.69, 9.17) is 59.4 Å². The number of carbonyl (C=O) groups excluding carboxylic acids is 1. The number of aromatic hydroxyl groups is 1. The van der Waals surface area contributed by atoms with E-state index < -0.39 is 5.82 Å². The molecular formula is C27H54Br2Cl3FI3K2O6P23. The van der Waals surface area contributed by atoms with Crippen molar-refractivity contribution in [2.24, 2.45) is 0 Å². The first-order valence-corrected chi connectivity index (χ1v) is 63.4. The van der Waals surface area contributed by atoms with Crippen molar-refractivity contribution in [3.05, 3.63) is 79.1 Å². The Morgan fingerprint density at radius 2 is 1.03 bits per heavy atom. The molecule has 0 saturated carbocycles.